The van der Waals surface area contributed by atoms with Crippen molar-refractivity contribution in [3.63, 3.8) is 0 Å². The van der Waals surface area contributed by atoms with Gasteiger partial charge < -0.3 is 14.2 Å². The van der Waals surface area contributed by atoms with Crippen LogP contribution in [0.15, 0.2) is 12.1 Å². The lowest BCUT2D eigenvalue weighted by atomic mass is 10.2. The van der Waals surface area contributed by atoms with Gasteiger partial charge in [0.15, 0.2) is 11.5 Å². The van der Waals surface area contributed by atoms with Gasteiger partial charge in [-0.2, -0.15) is 0 Å². The molecule has 0 aromatic heterocycles. The third kappa shape index (κ3) is 2.45. The standard InChI is InChI=1S/C12H12O4/c1-5-9-6-10(14-3)12(16-8(2)13)11(7-9)15-4/h1,6-7H,2-4H3. The van der Waals surface area contributed by atoms with Gasteiger partial charge in [-0.05, 0) is 12.1 Å². The van der Waals surface area contributed by atoms with Crippen LogP contribution in [0, 0.1) is 12.3 Å². The Morgan fingerprint density at radius 3 is 2.06 bits per heavy atom. The molecule has 0 aliphatic carbocycles. The van der Waals surface area contributed by atoms with Gasteiger partial charge >= 0.3 is 5.97 Å². The summed E-state index contributed by atoms with van der Waals surface area (Å²) >= 11 is 0. The first-order valence-electron chi connectivity index (χ1n) is 4.53. The van der Waals surface area contributed by atoms with Gasteiger partial charge in [0, 0.05) is 12.5 Å². The summed E-state index contributed by atoms with van der Waals surface area (Å²) in [5.74, 6) is 2.96. The summed E-state index contributed by atoms with van der Waals surface area (Å²) in [5.41, 5.74) is 0.588. The van der Waals surface area contributed by atoms with E-state index >= 15 is 0 Å². The van der Waals surface area contributed by atoms with Gasteiger partial charge in [0.1, 0.15) is 0 Å². The molecule has 0 saturated heterocycles. The Kier molecular flexibility index (Phi) is 3.78. The topological polar surface area (TPSA) is 44.8 Å². The highest BCUT2D eigenvalue weighted by molar-refractivity contribution is 5.72. The van der Waals surface area contributed by atoms with Crippen molar-refractivity contribution in [2.75, 3.05) is 14.2 Å². The summed E-state index contributed by atoms with van der Waals surface area (Å²) in [6.45, 7) is 1.30. The van der Waals surface area contributed by atoms with Crippen molar-refractivity contribution in [2.24, 2.45) is 0 Å². The maximum atomic E-state index is 10.9. The summed E-state index contributed by atoms with van der Waals surface area (Å²) in [6, 6.07) is 3.20. The molecule has 0 unspecified atom stereocenters. The number of hydrogen-bond acceptors (Lipinski definition) is 4. The van der Waals surface area contributed by atoms with Crippen molar-refractivity contribution in [3.8, 4) is 29.6 Å². The van der Waals surface area contributed by atoms with Crippen molar-refractivity contribution < 1.29 is 19.0 Å². The van der Waals surface area contributed by atoms with Crippen LogP contribution in [0.5, 0.6) is 17.2 Å². The quantitative estimate of drug-likeness (QED) is 0.441. The molecule has 0 bridgehead atoms. The van der Waals surface area contributed by atoms with Crippen molar-refractivity contribution in [1.82, 2.24) is 0 Å². The fraction of sp³-hybridized carbons (Fsp3) is 0.250. The first-order chi connectivity index (χ1) is 7.62. The molecule has 0 atom stereocenters. The zero-order chi connectivity index (χ0) is 12.1. The van der Waals surface area contributed by atoms with E-state index in [9.17, 15) is 4.79 Å². The predicted octanol–water partition coefficient (Wildman–Crippen LogP) is 1.61. The molecule has 16 heavy (non-hydrogen) atoms. The van der Waals surface area contributed by atoms with Gasteiger partial charge in [0.25, 0.3) is 0 Å². The van der Waals surface area contributed by atoms with E-state index in [1.54, 1.807) is 12.1 Å². The zero-order valence-corrected chi connectivity index (χ0v) is 9.37. The Labute approximate surface area is 94.1 Å². The summed E-state index contributed by atoms with van der Waals surface area (Å²) in [7, 11) is 2.92. The van der Waals surface area contributed by atoms with Gasteiger partial charge in [0.2, 0.25) is 5.75 Å². The molecule has 1 aromatic rings. The molecule has 0 N–H and O–H groups in total. The summed E-state index contributed by atoms with van der Waals surface area (Å²) < 4.78 is 15.2. The lowest BCUT2D eigenvalue weighted by Crippen LogP contribution is -2.05. The third-order valence-corrected chi connectivity index (χ3v) is 1.87. The first kappa shape index (κ1) is 11.9. The van der Waals surface area contributed by atoms with E-state index in [0.29, 0.717) is 17.1 Å². The molecular formula is C12H12O4. The van der Waals surface area contributed by atoms with Crippen molar-refractivity contribution in [2.45, 2.75) is 6.92 Å². The predicted molar refractivity (Wildman–Crippen MR) is 58.8 cm³/mol. The lowest BCUT2D eigenvalue weighted by molar-refractivity contribution is -0.132. The third-order valence-electron chi connectivity index (χ3n) is 1.87. The number of hydrogen-bond donors (Lipinski definition) is 0. The lowest BCUT2D eigenvalue weighted by Gasteiger charge is -2.12. The van der Waals surface area contributed by atoms with Crippen LogP contribution in [0.25, 0.3) is 0 Å². The van der Waals surface area contributed by atoms with Crippen LogP contribution in [-0.2, 0) is 4.79 Å². The van der Waals surface area contributed by atoms with Crippen LogP contribution in [0.2, 0.25) is 0 Å². The smallest absolute Gasteiger partial charge is 0.308 e. The van der Waals surface area contributed by atoms with E-state index in [4.69, 9.17) is 20.6 Å². The number of carbonyl (C=O) groups is 1. The van der Waals surface area contributed by atoms with Crippen LogP contribution < -0.4 is 14.2 Å². The average Bonchev–Trinajstić information content (AvgIpc) is 2.28. The molecule has 1 aromatic carbocycles. The Bertz CT molecular complexity index is 418. The number of benzene rings is 1. The minimum Gasteiger partial charge on any atom is -0.493 e. The molecule has 4 nitrogen and oxygen atoms in total. The van der Waals surface area contributed by atoms with Crippen molar-refractivity contribution in [3.05, 3.63) is 17.7 Å². The highest BCUT2D eigenvalue weighted by atomic mass is 16.6. The van der Waals surface area contributed by atoms with Gasteiger partial charge in [-0.1, -0.05) is 5.92 Å². The maximum absolute atomic E-state index is 10.9. The molecule has 0 radical (unpaired) electrons. The van der Waals surface area contributed by atoms with Gasteiger partial charge in [-0.3, -0.25) is 4.79 Å². The second kappa shape index (κ2) is 5.08. The number of ether oxygens (including phenoxy) is 3. The minimum absolute atomic E-state index is 0.233. The molecule has 0 heterocycles. The first-order valence-corrected chi connectivity index (χ1v) is 4.53. The van der Waals surface area contributed by atoms with E-state index in [2.05, 4.69) is 5.92 Å². The number of rotatable bonds is 3. The number of carbonyl (C=O) groups excluding carboxylic acids is 1. The fourth-order valence-corrected chi connectivity index (χ4v) is 1.21. The Balaban J connectivity index is 3.32. The highest BCUT2D eigenvalue weighted by Crippen LogP contribution is 2.38. The van der Waals surface area contributed by atoms with Crippen molar-refractivity contribution >= 4 is 5.97 Å². The summed E-state index contributed by atoms with van der Waals surface area (Å²) in [6.07, 6.45) is 5.28. The fourth-order valence-electron chi connectivity index (χ4n) is 1.21. The van der Waals surface area contributed by atoms with Crippen LogP contribution in [-0.4, -0.2) is 20.2 Å². The number of methoxy groups -OCH3 is 2. The molecule has 84 valence electrons. The van der Waals surface area contributed by atoms with Crippen molar-refractivity contribution in [1.29, 1.82) is 0 Å². The van der Waals surface area contributed by atoms with Crippen LogP contribution in [0.4, 0.5) is 0 Å². The molecule has 0 spiro atoms. The zero-order valence-electron chi connectivity index (χ0n) is 9.37. The van der Waals surface area contributed by atoms with Gasteiger partial charge in [-0.15, -0.1) is 6.42 Å². The number of esters is 1. The number of terminal acetylenes is 1. The molecule has 1 rings (SSSR count). The van der Waals surface area contributed by atoms with Gasteiger partial charge in [0.05, 0.1) is 14.2 Å². The second-order valence-electron chi connectivity index (χ2n) is 2.95. The molecule has 0 aliphatic rings. The summed E-state index contributed by atoms with van der Waals surface area (Å²) in [5, 5.41) is 0. The maximum Gasteiger partial charge on any atom is 0.308 e. The summed E-state index contributed by atoms with van der Waals surface area (Å²) in [4.78, 5) is 10.9. The van der Waals surface area contributed by atoms with E-state index < -0.39 is 5.97 Å². The molecule has 0 amide bonds. The largest absolute Gasteiger partial charge is 0.493 e. The SMILES string of the molecule is C#Cc1cc(OC)c(OC(C)=O)c(OC)c1. The van der Waals surface area contributed by atoms with E-state index in [1.165, 1.54) is 21.1 Å². The Morgan fingerprint density at radius 1 is 1.25 bits per heavy atom. The molecule has 4 heteroatoms. The van der Waals surface area contributed by atoms with E-state index in [1.807, 2.05) is 0 Å². The van der Waals surface area contributed by atoms with E-state index in [0.717, 1.165) is 0 Å². The Morgan fingerprint density at radius 2 is 1.75 bits per heavy atom. The molecule has 0 saturated carbocycles. The monoisotopic (exact) mass is 220 g/mol. The van der Waals surface area contributed by atoms with Gasteiger partial charge in [-0.25, -0.2) is 0 Å². The normalized spacial score (nSPS) is 9.12. The second-order valence-corrected chi connectivity index (χ2v) is 2.95. The minimum atomic E-state index is -0.454. The van der Waals surface area contributed by atoms with E-state index in [-0.39, 0.29) is 5.75 Å². The van der Waals surface area contributed by atoms with Crippen LogP contribution >= 0.6 is 0 Å². The average molecular weight is 220 g/mol. The molecule has 0 fully saturated rings. The molecular weight excluding hydrogens is 208 g/mol. The highest BCUT2D eigenvalue weighted by Gasteiger charge is 2.15. The Hall–Kier alpha value is -2.15. The van der Waals surface area contributed by atoms with Crippen LogP contribution in [0.3, 0.4) is 0 Å². The molecule has 0 aliphatic heterocycles. The van der Waals surface area contributed by atoms with Crippen LogP contribution in [0.1, 0.15) is 12.5 Å².